The molecule has 0 atom stereocenters. The molecule has 21 heavy (non-hydrogen) atoms. The van der Waals surface area contributed by atoms with E-state index in [1.54, 1.807) is 19.2 Å². The van der Waals surface area contributed by atoms with Crippen molar-refractivity contribution < 1.29 is 14.3 Å². The molecule has 0 bridgehead atoms. The zero-order valence-electron chi connectivity index (χ0n) is 12.3. The van der Waals surface area contributed by atoms with Gasteiger partial charge in [-0.15, -0.1) is 0 Å². The topological polar surface area (TPSA) is 47.6 Å². The molecule has 0 aliphatic carbocycles. The fourth-order valence-corrected chi connectivity index (χ4v) is 1.84. The molecule has 1 amide bonds. The Hall–Kier alpha value is -2.49. The number of methoxy groups -OCH3 is 1. The Morgan fingerprint density at radius 1 is 1.05 bits per heavy atom. The number of carbonyl (C=O) groups excluding carboxylic acids is 1. The van der Waals surface area contributed by atoms with Gasteiger partial charge in [0.2, 0.25) is 0 Å². The molecule has 0 aromatic heterocycles. The van der Waals surface area contributed by atoms with Gasteiger partial charge >= 0.3 is 0 Å². The maximum atomic E-state index is 11.8. The molecular weight excluding hydrogens is 266 g/mol. The van der Waals surface area contributed by atoms with Crippen LogP contribution < -0.4 is 14.8 Å². The summed E-state index contributed by atoms with van der Waals surface area (Å²) in [7, 11) is 1.57. The van der Waals surface area contributed by atoms with Crippen molar-refractivity contribution in [3.8, 4) is 11.5 Å². The molecule has 4 heteroatoms. The average Bonchev–Trinajstić information content (AvgIpc) is 2.52. The quantitative estimate of drug-likeness (QED) is 0.887. The van der Waals surface area contributed by atoms with Crippen molar-refractivity contribution in [3.05, 3.63) is 59.7 Å². The van der Waals surface area contributed by atoms with E-state index in [9.17, 15) is 4.79 Å². The summed E-state index contributed by atoms with van der Waals surface area (Å²) in [5, 5.41) is 2.82. The van der Waals surface area contributed by atoms with Crippen molar-refractivity contribution in [2.24, 2.45) is 0 Å². The van der Waals surface area contributed by atoms with Gasteiger partial charge in [-0.25, -0.2) is 0 Å². The highest BCUT2D eigenvalue weighted by molar-refractivity contribution is 5.77. The minimum absolute atomic E-state index is 0.0355. The fourth-order valence-electron chi connectivity index (χ4n) is 1.84. The summed E-state index contributed by atoms with van der Waals surface area (Å²) in [6, 6.07) is 15.3. The van der Waals surface area contributed by atoms with Gasteiger partial charge in [-0.2, -0.15) is 0 Å². The van der Waals surface area contributed by atoms with E-state index in [1.807, 2.05) is 43.3 Å². The van der Waals surface area contributed by atoms with Crippen molar-refractivity contribution in [3.63, 3.8) is 0 Å². The molecule has 0 aliphatic heterocycles. The molecule has 0 aliphatic rings. The Morgan fingerprint density at radius 3 is 2.38 bits per heavy atom. The highest BCUT2D eigenvalue weighted by Crippen LogP contribution is 2.25. The molecule has 2 rings (SSSR count). The third-order valence-electron chi connectivity index (χ3n) is 3.04. The van der Waals surface area contributed by atoms with Crippen molar-refractivity contribution in [2.45, 2.75) is 13.5 Å². The lowest BCUT2D eigenvalue weighted by Gasteiger charge is -2.10. The van der Waals surface area contributed by atoms with Crippen LogP contribution in [0.4, 0.5) is 0 Å². The highest BCUT2D eigenvalue weighted by Gasteiger charge is 2.06. The van der Waals surface area contributed by atoms with E-state index in [0.717, 1.165) is 5.56 Å². The van der Waals surface area contributed by atoms with Crippen LogP contribution in [0.5, 0.6) is 11.5 Å². The summed E-state index contributed by atoms with van der Waals surface area (Å²) in [4.78, 5) is 11.8. The second-order valence-electron chi connectivity index (χ2n) is 4.70. The van der Waals surface area contributed by atoms with Gasteiger partial charge in [0.05, 0.1) is 7.11 Å². The maximum Gasteiger partial charge on any atom is 0.258 e. The van der Waals surface area contributed by atoms with Crippen LogP contribution in [-0.4, -0.2) is 19.6 Å². The molecule has 4 nitrogen and oxygen atoms in total. The van der Waals surface area contributed by atoms with Gasteiger partial charge < -0.3 is 14.8 Å². The first-order valence-electron chi connectivity index (χ1n) is 6.77. The Balaban J connectivity index is 1.81. The first kappa shape index (κ1) is 14.9. The largest absolute Gasteiger partial charge is 0.493 e. The molecule has 0 spiro atoms. The molecule has 0 saturated carbocycles. The molecule has 2 aromatic carbocycles. The van der Waals surface area contributed by atoms with Crippen LogP contribution in [-0.2, 0) is 11.3 Å². The van der Waals surface area contributed by atoms with Gasteiger partial charge in [0.1, 0.15) is 0 Å². The molecule has 0 fully saturated rings. The van der Waals surface area contributed by atoms with Gasteiger partial charge in [-0.3, -0.25) is 4.79 Å². The summed E-state index contributed by atoms with van der Waals surface area (Å²) >= 11 is 0. The van der Waals surface area contributed by atoms with E-state index >= 15 is 0 Å². The molecule has 1 N–H and O–H groups in total. The highest BCUT2D eigenvalue weighted by atomic mass is 16.5. The molecule has 0 heterocycles. The van der Waals surface area contributed by atoms with Gasteiger partial charge in [0.25, 0.3) is 5.91 Å². The number of benzene rings is 2. The minimum atomic E-state index is -0.165. The number of nitrogens with one attached hydrogen (secondary N) is 1. The predicted molar refractivity (Wildman–Crippen MR) is 81.5 cm³/mol. The van der Waals surface area contributed by atoms with Gasteiger partial charge in [-0.1, -0.05) is 42.0 Å². The summed E-state index contributed by atoms with van der Waals surface area (Å²) in [6.07, 6.45) is 0. The van der Waals surface area contributed by atoms with Gasteiger partial charge in [0.15, 0.2) is 18.1 Å². The summed E-state index contributed by atoms with van der Waals surface area (Å²) < 4.78 is 10.6. The van der Waals surface area contributed by atoms with Crippen LogP contribution in [0.1, 0.15) is 11.1 Å². The zero-order valence-corrected chi connectivity index (χ0v) is 12.3. The lowest BCUT2D eigenvalue weighted by atomic mass is 10.1. The molecular formula is C17H19NO3. The van der Waals surface area contributed by atoms with E-state index in [0.29, 0.717) is 18.0 Å². The van der Waals surface area contributed by atoms with Crippen molar-refractivity contribution in [1.82, 2.24) is 5.32 Å². The number of ether oxygens (including phenoxy) is 2. The summed E-state index contributed by atoms with van der Waals surface area (Å²) in [5.74, 6) is 1.01. The molecule has 0 saturated heterocycles. The Bertz CT molecular complexity index is 593. The predicted octanol–water partition coefficient (Wildman–Crippen LogP) is 2.70. The van der Waals surface area contributed by atoms with Crippen LogP contribution >= 0.6 is 0 Å². The minimum Gasteiger partial charge on any atom is -0.493 e. The number of hydrogen-bond donors (Lipinski definition) is 1. The van der Waals surface area contributed by atoms with Crippen LogP contribution in [0.25, 0.3) is 0 Å². The van der Waals surface area contributed by atoms with E-state index in [-0.39, 0.29) is 12.5 Å². The first-order valence-corrected chi connectivity index (χ1v) is 6.77. The monoisotopic (exact) mass is 285 g/mol. The van der Waals surface area contributed by atoms with Gasteiger partial charge in [0, 0.05) is 6.54 Å². The Kier molecular flexibility index (Phi) is 5.21. The van der Waals surface area contributed by atoms with Gasteiger partial charge in [-0.05, 0) is 24.6 Å². The summed E-state index contributed by atoms with van der Waals surface area (Å²) in [5.41, 5.74) is 2.26. The lowest BCUT2D eigenvalue weighted by molar-refractivity contribution is -0.123. The summed E-state index contributed by atoms with van der Waals surface area (Å²) in [6.45, 7) is 2.49. The third kappa shape index (κ3) is 4.53. The number of para-hydroxylation sites is 2. The molecule has 2 aromatic rings. The number of aryl methyl sites for hydroxylation is 1. The van der Waals surface area contributed by atoms with E-state index in [2.05, 4.69) is 5.32 Å². The Labute approximate surface area is 124 Å². The molecule has 0 radical (unpaired) electrons. The number of amides is 1. The molecule has 110 valence electrons. The third-order valence-corrected chi connectivity index (χ3v) is 3.04. The smallest absolute Gasteiger partial charge is 0.258 e. The number of hydrogen-bond acceptors (Lipinski definition) is 3. The maximum absolute atomic E-state index is 11.8. The van der Waals surface area contributed by atoms with Crippen LogP contribution in [0.2, 0.25) is 0 Å². The zero-order chi connectivity index (χ0) is 15.1. The Morgan fingerprint density at radius 2 is 1.71 bits per heavy atom. The molecule has 0 unspecified atom stereocenters. The van der Waals surface area contributed by atoms with Crippen LogP contribution in [0.15, 0.2) is 48.5 Å². The van der Waals surface area contributed by atoms with Crippen LogP contribution in [0, 0.1) is 6.92 Å². The van der Waals surface area contributed by atoms with E-state index in [4.69, 9.17) is 9.47 Å². The van der Waals surface area contributed by atoms with E-state index in [1.165, 1.54) is 5.56 Å². The second-order valence-corrected chi connectivity index (χ2v) is 4.70. The second kappa shape index (κ2) is 7.33. The van der Waals surface area contributed by atoms with Crippen molar-refractivity contribution in [1.29, 1.82) is 0 Å². The van der Waals surface area contributed by atoms with Crippen LogP contribution in [0.3, 0.4) is 0 Å². The average molecular weight is 285 g/mol. The fraction of sp³-hybridized carbons (Fsp3) is 0.235. The van der Waals surface area contributed by atoms with Crippen molar-refractivity contribution in [2.75, 3.05) is 13.7 Å². The van der Waals surface area contributed by atoms with Crippen molar-refractivity contribution >= 4 is 5.91 Å². The number of rotatable bonds is 6. The lowest BCUT2D eigenvalue weighted by Crippen LogP contribution is -2.28. The van der Waals surface area contributed by atoms with E-state index < -0.39 is 0 Å². The first-order chi connectivity index (χ1) is 10.2. The normalized spacial score (nSPS) is 10.0. The number of carbonyl (C=O) groups is 1. The SMILES string of the molecule is COc1ccccc1OCC(=O)NCc1ccc(C)cc1. The standard InChI is InChI=1S/C17H19NO3/c1-13-7-9-14(10-8-13)11-18-17(19)12-21-16-6-4-3-5-15(16)20-2/h3-10H,11-12H2,1-2H3,(H,18,19).